The SMILES string of the molecule is CON(C)S(=O)(=O)c1ccc(C(=O)Nc2ccc(-c3nc4ccccc4o3)cc2)cc1. The lowest BCUT2D eigenvalue weighted by Crippen LogP contribution is -2.25. The summed E-state index contributed by atoms with van der Waals surface area (Å²) in [5.74, 6) is 0.135. The van der Waals surface area contributed by atoms with Crippen molar-refractivity contribution in [3.05, 3.63) is 78.4 Å². The van der Waals surface area contributed by atoms with Gasteiger partial charge < -0.3 is 9.73 Å². The van der Waals surface area contributed by atoms with Crippen molar-refractivity contribution in [2.45, 2.75) is 4.90 Å². The van der Waals surface area contributed by atoms with Crippen molar-refractivity contribution in [3.63, 3.8) is 0 Å². The van der Waals surface area contributed by atoms with Crippen molar-refractivity contribution in [1.82, 2.24) is 9.45 Å². The number of sulfonamides is 1. The lowest BCUT2D eigenvalue weighted by atomic mass is 10.2. The Morgan fingerprint density at radius 2 is 1.68 bits per heavy atom. The number of hydrogen-bond acceptors (Lipinski definition) is 6. The summed E-state index contributed by atoms with van der Waals surface area (Å²) >= 11 is 0. The highest BCUT2D eigenvalue weighted by Crippen LogP contribution is 2.25. The smallest absolute Gasteiger partial charge is 0.264 e. The van der Waals surface area contributed by atoms with Crippen molar-refractivity contribution < 1.29 is 22.5 Å². The van der Waals surface area contributed by atoms with E-state index in [4.69, 9.17) is 9.25 Å². The van der Waals surface area contributed by atoms with Crippen LogP contribution in [0, 0.1) is 0 Å². The van der Waals surface area contributed by atoms with Gasteiger partial charge in [0.25, 0.3) is 15.9 Å². The van der Waals surface area contributed by atoms with Crippen LogP contribution in [0.25, 0.3) is 22.6 Å². The number of carbonyl (C=O) groups is 1. The van der Waals surface area contributed by atoms with Crippen LogP contribution in [0.15, 0.2) is 82.1 Å². The van der Waals surface area contributed by atoms with Crippen molar-refractivity contribution in [2.24, 2.45) is 0 Å². The molecule has 4 aromatic rings. The number of benzene rings is 3. The van der Waals surface area contributed by atoms with E-state index >= 15 is 0 Å². The van der Waals surface area contributed by atoms with Gasteiger partial charge in [0.15, 0.2) is 5.58 Å². The number of hydrogen-bond donors (Lipinski definition) is 1. The highest BCUT2D eigenvalue weighted by Gasteiger charge is 2.21. The average Bonchev–Trinajstić information content (AvgIpc) is 3.23. The first-order chi connectivity index (χ1) is 14.9. The molecule has 9 heteroatoms. The topological polar surface area (TPSA) is 102 Å². The molecule has 158 valence electrons. The Kier molecular flexibility index (Phi) is 5.55. The second-order valence-corrected chi connectivity index (χ2v) is 8.58. The van der Waals surface area contributed by atoms with Crippen molar-refractivity contribution >= 4 is 32.7 Å². The van der Waals surface area contributed by atoms with E-state index in [1.807, 2.05) is 24.3 Å². The Morgan fingerprint density at radius 3 is 2.32 bits per heavy atom. The third kappa shape index (κ3) is 4.19. The van der Waals surface area contributed by atoms with Gasteiger partial charge in [0, 0.05) is 23.9 Å². The van der Waals surface area contributed by atoms with E-state index in [0.717, 1.165) is 15.5 Å². The van der Waals surface area contributed by atoms with Crippen LogP contribution >= 0.6 is 0 Å². The van der Waals surface area contributed by atoms with E-state index in [1.54, 1.807) is 24.3 Å². The zero-order valence-corrected chi connectivity index (χ0v) is 17.6. The molecule has 0 spiro atoms. The molecule has 0 bridgehead atoms. The predicted molar refractivity (Wildman–Crippen MR) is 116 cm³/mol. The number of fused-ring (bicyclic) bond motifs is 1. The van der Waals surface area contributed by atoms with Gasteiger partial charge in [0.1, 0.15) is 5.52 Å². The molecule has 0 saturated carbocycles. The summed E-state index contributed by atoms with van der Waals surface area (Å²) in [6, 6.07) is 20.2. The van der Waals surface area contributed by atoms with Crippen LogP contribution in [-0.4, -0.2) is 37.9 Å². The fraction of sp³-hybridized carbons (Fsp3) is 0.0909. The van der Waals surface area contributed by atoms with Gasteiger partial charge >= 0.3 is 0 Å². The molecular weight excluding hydrogens is 418 g/mol. The molecule has 1 N–H and O–H groups in total. The zero-order chi connectivity index (χ0) is 22.0. The monoisotopic (exact) mass is 437 g/mol. The normalized spacial score (nSPS) is 11.7. The van der Waals surface area contributed by atoms with Crippen LogP contribution in [0.3, 0.4) is 0 Å². The quantitative estimate of drug-likeness (QED) is 0.459. The summed E-state index contributed by atoms with van der Waals surface area (Å²) in [7, 11) is -1.22. The molecular formula is C22H19N3O5S. The number of rotatable bonds is 6. The van der Waals surface area contributed by atoms with Crippen LogP contribution in [0.2, 0.25) is 0 Å². The average molecular weight is 437 g/mol. The summed E-state index contributed by atoms with van der Waals surface area (Å²) in [5.41, 5.74) is 3.17. The van der Waals surface area contributed by atoms with E-state index in [1.165, 1.54) is 38.4 Å². The minimum absolute atomic E-state index is 0.0242. The molecule has 4 rings (SSSR count). The number of aromatic nitrogens is 1. The number of amides is 1. The first-order valence-electron chi connectivity index (χ1n) is 9.29. The zero-order valence-electron chi connectivity index (χ0n) is 16.8. The van der Waals surface area contributed by atoms with Gasteiger partial charge in [0.05, 0.1) is 12.0 Å². The van der Waals surface area contributed by atoms with Gasteiger partial charge in [-0.3, -0.25) is 9.63 Å². The molecule has 1 amide bonds. The maximum absolute atomic E-state index is 12.5. The maximum Gasteiger partial charge on any atom is 0.264 e. The molecule has 0 unspecified atom stereocenters. The number of nitrogens with one attached hydrogen (secondary N) is 1. The summed E-state index contributed by atoms with van der Waals surface area (Å²) in [6.45, 7) is 0. The highest BCUT2D eigenvalue weighted by molar-refractivity contribution is 7.89. The summed E-state index contributed by atoms with van der Waals surface area (Å²) in [6.07, 6.45) is 0. The third-order valence-electron chi connectivity index (χ3n) is 4.69. The van der Waals surface area contributed by atoms with E-state index in [-0.39, 0.29) is 10.8 Å². The molecule has 0 atom stereocenters. The first kappa shape index (κ1) is 20.7. The van der Waals surface area contributed by atoms with Crippen molar-refractivity contribution in [1.29, 1.82) is 0 Å². The minimum Gasteiger partial charge on any atom is -0.436 e. The van der Waals surface area contributed by atoms with Crippen LogP contribution in [0.5, 0.6) is 0 Å². The maximum atomic E-state index is 12.5. The molecule has 0 aliphatic rings. The lowest BCUT2D eigenvalue weighted by Gasteiger charge is -2.14. The second-order valence-electron chi connectivity index (χ2n) is 6.64. The fourth-order valence-electron chi connectivity index (χ4n) is 2.92. The molecule has 8 nitrogen and oxygen atoms in total. The van der Waals surface area contributed by atoms with Gasteiger partial charge in [-0.05, 0) is 60.7 Å². The molecule has 1 heterocycles. The number of anilines is 1. The fourth-order valence-corrected chi connectivity index (χ4v) is 3.89. The third-order valence-corrected chi connectivity index (χ3v) is 6.39. The van der Waals surface area contributed by atoms with Gasteiger partial charge in [0.2, 0.25) is 5.89 Å². The summed E-state index contributed by atoms with van der Waals surface area (Å²) < 4.78 is 31.0. The first-order valence-corrected chi connectivity index (χ1v) is 10.7. The van der Waals surface area contributed by atoms with E-state index in [9.17, 15) is 13.2 Å². The van der Waals surface area contributed by atoms with Crippen LogP contribution < -0.4 is 5.32 Å². The van der Waals surface area contributed by atoms with E-state index in [0.29, 0.717) is 22.7 Å². The van der Waals surface area contributed by atoms with Crippen molar-refractivity contribution in [3.8, 4) is 11.5 Å². The van der Waals surface area contributed by atoms with E-state index < -0.39 is 10.0 Å². The van der Waals surface area contributed by atoms with Gasteiger partial charge in [-0.15, -0.1) is 0 Å². The standard InChI is InChI=1S/C22H19N3O5S/c1-25(29-2)31(27,28)18-13-9-15(10-14-18)21(26)23-17-11-7-16(8-12-17)22-24-19-5-3-4-6-20(19)30-22/h3-14H,1-2H3,(H,23,26). The minimum atomic E-state index is -3.77. The van der Waals surface area contributed by atoms with E-state index in [2.05, 4.69) is 10.3 Å². The lowest BCUT2D eigenvalue weighted by molar-refractivity contribution is -0.0258. The molecule has 0 aliphatic carbocycles. The highest BCUT2D eigenvalue weighted by atomic mass is 32.2. The Bertz CT molecular complexity index is 1300. The Morgan fingerprint density at radius 1 is 1.00 bits per heavy atom. The van der Waals surface area contributed by atoms with Crippen LogP contribution in [0.1, 0.15) is 10.4 Å². The predicted octanol–water partition coefficient (Wildman–Crippen LogP) is 3.93. The van der Waals surface area contributed by atoms with Gasteiger partial charge in [-0.2, -0.15) is 0 Å². The number of oxazole rings is 1. The second kappa shape index (κ2) is 8.31. The Hall–Kier alpha value is -3.53. The Labute approximate surface area is 179 Å². The summed E-state index contributed by atoms with van der Waals surface area (Å²) in [4.78, 5) is 21.7. The molecule has 0 radical (unpaired) electrons. The number of para-hydroxylation sites is 2. The van der Waals surface area contributed by atoms with Crippen molar-refractivity contribution in [2.75, 3.05) is 19.5 Å². The van der Waals surface area contributed by atoms with Gasteiger partial charge in [-0.1, -0.05) is 16.6 Å². The Balaban J connectivity index is 1.47. The van der Waals surface area contributed by atoms with Crippen LogP contribution in [0.4, 0.5) is 5.69 Å². The summed E-state index contributed by atoms with van der Waals surface area (Å²) in [5, 5.41) is 2.78. The molecule has 31 heavy (non-hydrogen) atoms. The molecule has 0 fully saturated rings. The number of carbonyl (C=O) groups excluding carboxylic acids is 1. The van der Waals surface area contributed by atoms with Crippen LogP contribution in [-0.2, 0) is 14.9 Å². The molecule has 3 aromatic carbocycles. The largest absolute Gasteiger partial charge is 0.436 e. The van der Waals surface area contributed by atoms with Gasteiger partial charge in [-0.25, -0.2) is 13.4 Å². The molecule has 1 aromatic heterocycles. The number of nitrogens with zero attached hydrogens (tertiary/aromatic N) is 2. The molecule has 0 saturated heterocycles. The molecule has 0 aliphatic heterocycles. The number of hydroxylamine groups is 1.